The van der Waals surface area contributed by atoms with Crippen LogP contribution in [0.3, 0.4) is 0 Å². The molecule has 378 valence electrons. The number of benzene rings is 7. The Balaban J connectivity index is 1.56. The van der Waals surface area contributed by atoms with Crippen molar-refractivity contribution in [1.29, 1.82) is 0 Å². The van der Waals surface area contributed by atoms with E-state index in [4.69, 9.17) is 63.8 Å². The Bertz CT molecular complexity index is 3020. The predicted octanol–water partition coefficient (Wildman–Crippen LogP) is 11.6. The maximum atomic E-state index is 7.64. The molecule has 0 fully saturated rings. The van der Waals surface area contributed by atoms with Gasteiger partial charge in [-0.3, -0.25) is 0 Å². The number of ether oxygens (including phenoxy) is 6. The van der Waals surface area contributed by atoms with Gasteiger partial charge in [-0.05, 0) is 90.4 Å². The largest absolute Gasteiger partial charge is 0.489 e. The minimum Gasteiger partial charge on any atom is -0.489 e. The van der Waals surface area contributed by atoms with Gasteiger partial charge in [-0.15, -0.1) is 0 Å². The van der Waals surface area contributed by atoms with E-state index in [0.717, 1.165) is 80.1 Å². The van der Waals surface area contributed by atoms with Gasteiger partial charge in [0.1, 0.15) is 0 Å². The van der Waals surface area contributed by atoms with E-state index in [1.54, 1.807) is 0 Å². The molecule has 0 aromatic heterocycles. The molecule has 6 nitrogen and oxygen atoms in total. The van der Waals surface area contributed by atoms with Gasteiger partial charge in [-0.2, -0.15) is 0 Å². The molecule has 3 aliphatic rings. The van der Waals surface area contributed by atoms with Gasteiger partial charge >= 0.3 is 0 Å². The Morgan fingerprint density at radius 2 is 0.444 bits per heavy atom. The summed E-state index contributed by atoms with van der Waals surface area (Å²) in [6, 6.07) is 17.6. The lowest BCUT2D eigenvalue weighted by Gasteiger charge is -2.30. The van der Waals surface area contributed by atoms with Gasteiger partial charge in [0.2, 0.25) is 0 Å². The standard InChI is InChI=1S/C60H69O6P3S3/c1-16-61-46-47(62-17-2)53-41-40-42-44-45-43(41)55(68(53,71)38-30-24-35(25-31-38)59(10,11)12)50(65-20-5)51(66-21-6)57(45)69(72,39-32-26-36(27-33-39)60(13,14)15)56(44)49(64-19-4)48(63-18-3)54(42)67(70,52(40)46)37-28-22-34(23-29-37)58(7,8)9/h22-33H,16-21H2,1-15H3. The summed E-state index contributed by atoms with van der Waals surface area (Å²) in [4.78, 5) is 0. The zero-order valence-corrected chi connectivity index (χ0v) is 49.8. The summed E-state index contributed by atoms with van der Waals surface area (Å²) in [7, 11) is 0. The maximum absolute atomic E-state index is 7.64. The average Bonchev–Trinajstić information content (AvgIpc) is 3.89. The van der Waals surface area contributed by atoms with Crippen LogP contribution in [0.15, 0.2) is 72.8 Å². The summed E-state index contributed by atoms with van der Waals surface area (Å²) in [6.45, 7) is 34.8. The van der Waals surface area contributed by atoms with Crippen molar-refractivity contribution < 1.29 is 28.4 Å². The minimum absolute atomic E-state index is 0.0764. The van der Waals surface area contributed by atoms with E-state index < -0.39 is 18.1 Å². The molecule has 0 radical (unpaired) electrons. The quantitative estimate of drug-likeness (QED) is 0.0738. The highest BCUT2D eigenvalue weighted by Crippen LogP contribution is 2.71. The first-order valence-corrected chi connectivity index (χ1v) is 34.1. The molecule has 10 rings (SSSR count). The van der Waals surface area contributed by atoms with Crippen molar-refractivity contribution in [2.45, 2.75) is 120 Å². The van der Waals surface area contributed by atoms with E-state index in [1.165, 1.54) is 16.7 Å². The first kappa shape index (κ1) is 51.6. The van der Waals surface area contributed by atoms with E-state index in [2.05, 4.69) is 135 Å². The van der Waals surface area contributed by atoms with Crippen LogP contribution in [0, 0.1) is 0 Å². The Morgan fingerprint density at radius 3 is 0.569 bits per heavy atom. The summed E-state index contributed by atoms with van der Waals surface area (Å²) >= 11 is 22.9. The SMILES string of the molecule is CCOc1c(OCC)c2c3c4c1P(=S)(c1ccc(C(C)(C)C)cc1)c1c(OCC)c(OCC)c5c(c14)c1c(c(OCC)c(OCC)c(c31)P2(=S)c1ccc(C(C)(C)C)cc1)P5(=S)c1ccc(C(C)(C)C)cc1. The van der Waals surface area contributed by atoms with Crippen LogP contribution in [-0.4, -0.2) is 39.6 Å². The monoisotopic (exact) mass is 1070 g/mol. The lowest BCUT2D eigenvalue weighted by atomic mass is 9.87. The highest BCUT2D eigenvalue weighted by atomic mass is 32.4. The Labute approximate surface area is 442 Å². The molecular weight excluding hydrogens is 1010 g/mol. The van der Waals surface area contributed by atoms with Crippen LogP contribution >= 0.6 is 18.1 Å². The van der Waals surface area contributed by atoms with Gasteiger partial charge in [0.15, 0.2) is 34.5 Å². The molecule has 12 heteroatoms. The van der Waals surface area contributed by atoms with E-state index in [0.29, 0.717) is 74.1 Å². The van der Waals surface area contributed by atoms with Crippen LogP contribution in [0.1, 0.15) is 121 Å². The van der Waals surface area contributed by atoms with Crippen LogP contribution < -0.4 is 76.2 Å². The first-order valence-electron chi connectivity index (χ1n) is 25.7. The predicted molar refractivity (Wildman–Crippen MR) is 321 cm³/mol. The molecule has 0 amide bonds. The molecular formula is C60H69O6P3S3. The molecule has 0 spiro atoms. The molecule has 72 heavy (non-hydrogen) atoms. The van der Waals surface area contributed by atoms with Gasteiger partial charge in [0, 0.05) is 82.3 Å². The fourth-order valence-electron chi connectivity index (χ4n) is 11.6. The second kappa shape index (κ2) is 17.9. The smallest absolute Gasteiger partial charge is 0.171 e. The van der Waals surface area contributed by atoms with Gasteiger partial charge in [0.05, 0.1) is 39.6 Å². The van der Waals surface area contributed by atoms with Crippen molar-refractivity contribution in [3.8, 4) is 34.5 Å². The normalized spacial score (nSPS) is 19.7. The fourth-order valence-corrected chi connectivity index (χ4v) is 25.7. The van der Waals surface area contributed by atoms with Crippen LogP contribution in [0.4, 0.5) is 0 Å². The summed E-state index contributed by atoms with van der Waals surface area (Å²) < 4.78 is 43.0. The van der Waals surface area contributed by atoms with Crippen LogP contribution in [0.5, 0.6) is 34.5 Å². The topological polar surface area (TPSA) is 55.4 Å². The molecule has 3 heterocycles. The van der Waals surface area contributed by atoms with E-state index in [9.17, 15) is 0 Å². The van der Waals surface area contributed by atoms with Crippen LogP contribution in [0.25, 0.3) is 32.3 Å². The lowest BCUT2D eigenvalue weighted by molar-refractivity contribution is 0.292. The van der Waals surface area contributed by atoms with Crippen molar-refractivity contribution in [1.82, 2.24) is 0 Å². The molecule has 7 aromatic carbocycles. The third kappa shape index (κ3) is 6.99. The number of rotatable bonds is 15. The third-order valence-electron chi connectivity index (χ3n) is 14.7. The molecule has 0 N–H and O–H groups in total. The van der Waals surface area contributed by atoms with Gasteiger partial charge in [-0.1, -0.05) is 171 Å². The Kier molecular flexibility index (Phi) is 12.8. The van der Waals surface area contributed by atoms with E-state index in [1.807, 2.05) is 41.5 Å². The van der Waals surface area contributed by atoms with Crippen molar-refractivity contribution in [2.75, 3.05) is 39.6 Å². The molecule has 0 unspecified atom stereocenters. The molecule has 3 aliphatic heterocycles. The Hall–Kier alpha value is -3.93. The van der Waals surface area contributed by atoms with Crippen LogP contribution in [0.2, 0.25) is 0 Å². The van der Waals surface area contributed by atoms with Crippen molar-refractivity contribution >= 4 is 134 Å². The molecule has 7 aromatic rings. The maximum Gasteiger partial charge on any atom is 0.171 e. The van der Waals surface area contributed by atoms with Crippen molar-refractivity contribution in [3.63, 3.8) is 0 Å². The minimum atomic E-state index is -3.16. The summed E-state index contributed by atoms with van der Waals surface area (Å²) in [5.41, 5.74) is 3.45. The fraction of sp³-hybridized carbons (Fsp3) is 0.400. The zero-order valence-electron chi connectivity index (χ0n) is 44.7. The first-order chi connectivity index (χ1) is 34.1. The molecule has 0 bridgehead atoms. The second-order valence-electron chi connectivity index (χ2n) is 22.1. The summed E-state index contributed by atoms with van der Waals surface area (Å²) in [5, 5.41) is 15.3. The molecule has 0 saturated heterocycles. The second-order valence-corrected chi connectivity index (χ2v) is 35.0. The van der Waals surface area contributed by atoms with E-state index in [-0.39, 0.29) is 16.2 Å². The molecule has 0 atom stereocenters. The third-order valence-corrected chi connectivity index (χ3v) is 29.3. The Morgan fingerprint density at radius 1 is 0.292 bits per heavy atom. The summed E-state index contributed by atoms with van der Waals surface area (Å²) in [6.07, 6.45) is 0. The van der Waals surface area contributed by atoms with Crippen molar-refractivity contribution in [2.24, 2.45) is 0 Å². The number of hydrogen-bond acceptors (Lipinski definition) is 9. The van der Waals surface area contributed by atoms with Gasteiger partial charge in [-0.25, -0.2) is 0 Å². The molecule has 0 aliphatic carbocycles. The molecule has 0 saturated carbocycles. The van der Waals surface area contributed by atoms with Gasteiger partial charge < -0.3 is 28.4 Å². The average molecular weight is 1080 g/mol. The van der Waals surface area contributed by atoms with E-state index >= 15 is 0 Å². The van der Waals surface area contributed by atoms with Gasteiger partial charge in [0.25, 0.3) is 0 Å². The zero-order chi connectivity index (χ0) is 51.8. The van der Waals surface area contributed by atoms with Crippen molar-refractivity contribution in [3.05, 3.63) is 89.5 Å². The highest BCUT2D eigenvalue weighted by molar-refractivity contribution is 8.28. The highest BCUT2D eigenvalue weighted by Gasteiger charge is 2.56. The lowest BCUT2D eigenvalue weighted by Crippen LogP contribution is -2.29. The summed E-state index contributed by atoms with van der Waals surface area (Å²) in [5.74, 6) is 3.98. The number of hydrogen-bond donors (Lipinski definition) is 0. The van der Waals surface area contributed by atoms with Crippen LogP contribution in [-0.2, 0) is 51.7 Å².